The number of fused-ring (bicyclic) bond motifs is 3. The molecule has 0 saturated heterocycles. The molecule has 0 fully saturated rings. The summed E-state index contributed by atoms with van der Waals surface area (Å²) >= 11 is 0. The molecule has 0 spiro atoms. The van der Waals surface area contributed by atoms with Crippen molar-refractivity contribution >= 4 is 21.8 Å². The molecular formula is C43H42N4OPt. The summed E-state index contributed by atoms with van der Waals surface area (Å²) in [5.74, 6) is 2.68. The number of aryl methyl sites for hydroxylation is 2. The molecule has 3 heterocycles. The average Bonchev–Trinajstić information content (AvgIpc) is 3.69. The Labute approximate surface area is 304 Å². The summed E-state index contributed by atoms with van der Waals surface area (Å²) in [6.45, 7) is 11.2. The van der Waals surface area contributed by atoms with Crippen molar-refractivity contribution in [3.63, 3.8) is 0 Å². The first-order chi connectivity index (χ1) is 23.4. The molecule has 0 aliphatic carbocycles. The molecule has 49 heavy (non-hydrogen) atoms. The molecule has 0 atom stereocenters. The molecule has 0 bridgehead atoms. The molecule has 7 aromatic rings. The van der Waals surface area contributed by atoms with Gasteiger partial charge in [0.25, 0.3) is 0 Å². The van der Waals surface area contributed by atoms with Crippen LogP contribution in [0.1, 0.15) is 62.8 Å². The number of nitrogens with zero attached hydrogens (tertiary/aromatic N) is 4. The minimum atomic E-state index is 0. The number of pyridine rings is 1. The van der Waals surface area contributed by atoms with Gasteiger partial charge in [-0.2, -0.15) is 17.2 Å². The van der Waals surface area contributed by atoms with Crippen LogP contribution in [-0.2, 0) is 40.3 Å². The van der Waals surface area contributed by atoms with Gasteiger partial charge in [0.1, 0.15) is 5.82 Å². The number of ether oxygens (including phenoxy) is 1. The maximum absolute atomic E-state index is 6.42. The van der Waals surface area contributed by atoms with Gasteiger partial charge in [0, 0.05) is 35.0 Å². The van der Waals surface area contributed by atoms with Gasteiger partial charge in [-0.3, -0.25) is 4.68 Å². The first-order valence-corrected chi connectivity index (χ1v) is 17.2. The monoisotopic (exact) mass is 825 g/mol. The standard InChI is InChI=1S/C43H42N4O.Pt/c1-6-11-31-17-18-32(23-29(3)4)37(12-7-2)43(31)33-27-45-46(28-33)34-13-10-14-35(25-34)48-36-19-20-39-38-15-8-9-16-40(38)47(41(39)26-36)42-24-30(5)21-22-44-42;/h8-10,13-22,24,27-29H,6-7,11-12,23H2,1-5H3;/q-2;+2. The Bertz CT molecular complexity index is 2230. The molecule has 0 saturated carbocycles. The van der Waals surface area contributed by atoms with E-state index in [0.717, 1.165) is 76.5 Å². The fourth-order valence-electron chi connectivity index (χ4n) is 6.89. The minimum absolute atomic E-state index is 0. The number of para-hydroxylation sites is 1. The van der Waals surface area contributed by atoms with Crippen molar-refractivity contribution in [1.29, 1.82) is 0 Å². The number of hydrogen-bond donors (Lipinski definition) is 0. The molecule has 0 N–H and O–H groups in total. The molecule has 0 radical (unpaired) electrons. The Kier molecular flexibility index (Phi) is 10.5. The third kappa shape index (κ3) is 7.00. The van der Waals surface area contributed by atoms with Crippen LogP contribution in [0.2, 0.25) is 0 Å². The normalized spacial score (nSPS) is 11.4. The summed E-state index contributed by atoms with van der Waals surface area (Å²) in [6.07, 6.45) is 11.4. The Morgan fingerprint density at radius 1 is 0.816 bits per heavy atom. The average molecular weight is 826 g/mol. The zero-order valence-electron chi connectivity index (χ0n) is 28.9. The van der Waals surface area contributed by atoms with Crippen molar-refractivity contribution in [3.8, 4) is 34.1 Å². The smallest absolute Gasteiger partial charge is 0.509 e. The van der Waals surface area contributed by atoms with Crippen molar-refractivity contribution in [1.82, 2.24) is 19.3 Å². The summed E-state index contributed by atoms with van der Waals surface area (Å²) in [6, 6.07) is 34.2. The summed E-state index contributed by atoms with van der Waals surface area (Å²) in [4.78, 5) is 4.70. The van der Waals surface area contributed by atoms with Crippen molar-refractivity contribution in [2.24, 2.45) is 5.92 Å². The van der Waals surface area contributed by atoms with Gasteiger partial charge >= 0.3 is 21.1 Å². The van der Waals surface area contributed by atoms with Crippen molar-refractivity contribution in [2.45, 2.75) is 66.7 Å². The Balaban J connectivity index is 0.00000417. The zero-order chi connectivity index (χ0) is 33.2. The molecule has 3 aromatic heterocycles. The maximum atomic E-state index is 6.42. The molecule has 0 aliphatic heterocycles. The van der Waals surface area contributed by atoms with Crippen LogP contribution in [-0.4, -0.2) is 19.3 Å². The van der Waals surface area contributed by atoms with E-state index in [4.69, 9.17) is 14.8 Å². The summed E-state index contributed by atoms with van der Waals surface area (Å²) in [5, 5.41) is 7.09. The van der Waals surface area contributed by atoms with Crippen molar-refractivity contribution in [2.75, 3.05) is 0 Å². The Hall–Kier alpha value is -4.47. The van der Waals surface area contributed by atoms with Crippen molar-refractivity contribution < 1.29 is 25.8 Å². The van der Waals surface area contributed by atoms with E-state index >= 15 is 0 Å². The molecule has 0 unspecified atom stereocenters. The van der Waals surface area contributed by atoms with Gasteiger partial charge in [-0.05, 0) is 89.2 Å². The maximum Gasteiger partial charge on any atom is 2.00 e. The second kappa shape index (κ2) is 15.0. The zero-order valence-corrected chi connectivity index (χ0v) is 31.1. The second-order valence-corrected chi connectivity index (χ2v) is 13.1. The third-order valence-electron chi connectivity index (χ3n) is 8.92. The van der Waals surface area contributed by atoms with Crippen molar-refractivity contribution in [3.05, 3.63) is 132 Å². The van der Waals surface area contributed by atoms with Crippen LogP contribution in [0.3, 0.4) is 0 Å². The van der Waals surface area contributed by atoms with Crippen LogP contribution in [0.5, 0.6) is 11.5 Å². The first kappa shape index (κ1) is 34.4. The van der Waals surface area contributed by atoms with Gasteiger partial charge in [-0.15, -0.1) is 35.7 Å². The molecule has 4 aromatic carbocycles. The van der Waals surface area contributed by atoms with E-state index in [1.165, 1.54) is 22.3 Å². The van der Waals surface area contributed by atoms with Gasteiger partial charge < -0.3 is 9.30 Å². The Morgan fingerprint density at radius 3 is 2.41 bits per heavy atom. The minimum Gasteiger partial charge on any atom is -0.509 e. The fourth-order valence-corrected chi connectivity index (χ4v) is 6.89. The molecule has 5 nitrogen and oxygen atoms in total. The largest absolute Gasteiger partial charge is 2.00 e. The van der Waals surface area contributed by atoms with Crippen LogP contribution in [0, 0.1) is 25.0 Å². The van der Waals surface area contributed by atoms with Crippen LogP contribution in [0.15, 0.2) is 97.5 Å². The SMILES string of the molecule is CCCc1ccc(CC(C)C)c(CCC)c1-c1cnn(-c2[c-]c(Oc3[c-]c4c(cc3)c3ccccc3n4-c3cc(C)ccn3)ccc2)c1.[Pt+2]. The third-order valence-corrected chi connectivity index (χ3v) is 8.92. The van der Waals surface area contributed by atoms with E-state index in [1.54, 1.807) is 0 Å². The van der Waals surface area contributed by atoms with Gasteiger partial charge in [0.05, 0.1) is 6.20 Å². The quantitative estimate of drug-likeness (QED) is 0.122. The van der Waals surface area contributed by atoms with Crippen LogP contribution in [0.25, 0.3) is 44.4 Å². The van der Waals surface area contributed by atoms with E-state index in [1.807, 2.05) is 47.4 Å². The number of aromatic nitrogens is 4. The van der Waals surface area contributed by atoms with Crippen LogP contribution < -0.4 is 4.74 Å². The fraction of sp³-hybridized carbons (Fsp3) is 0.256. The topological polar surface area (TPSA) is 44.9 Å². The molecule has 0 aliphatic rings. The molecular weight excluding hydrogens is 784 g/mol. The number of rotatable bonds is 11. The van der Waals surface area contributed by atoms with E-state index in [9.17, 15) is 0 Å². The van der Waals surface area contributed by atoms with Gasteiger partial charge in [-0.1, -0.05) is 76.4 Å². The van der Waals surface area contributed by atoms with Gasteiger partial charge in [0.2, 0.25) is 0 Å². The summed E-state index contributed by atoms with van der Waals surface area (Å²) in [7, 11) is 0. The summed E-state index contributed by atoms with van der Waals surface area (Å²) in [5.41, 5.74) is 10.8. The first-order valence-electron chi connectivity index (χ1n) is 17.2. The Morgan fingerprint density at radius 2 is 1.61 bits per heavy atom. The van der Waals surface area contributed by atoms with Crippen LogP contribution in [0.4, 0.5) is 0 Å². The molecule has 0 amide bonds. The molecule has 7 rings (SSSR count). The predicted octanol–water partition coefficient (Wildman–Crippen LogP) is 10.8. The van der Waals surface area contributed by atoms with Gasteiger partial charge in [-0.25, -0.2) is 4.98 Å². The van der Waals surface area contributed by atoms with E-state index < -0.39 is 0 Å². The predicted molar refractivity (Wildman–Crippen MR) is 197 cm³/mol. The number of benzene rings is 4. The van der Waals surface area contributed by atoms with Crippen LogP contribution >= 0.6 is 0 Å². The van der Waals surface area contributed by atoms with E-state index in [0.29, 0.717) is 17.4 Å². The van der Waals surface area contributed by atoms with Gasteiger partial charge in [0.15, 0.2) is 0 Å². The van der Waals surface area contributed by atoms with E-state index in [-0.39, 0.29) is 21.1 Å². The number of hydrogen-bond acceptors (Lipinski definition) is 3. The summed E-state index contributed by atoms with van der Waals surface area (Å²) < 4.78 is 10.5. The molecule has 6 heteroatoms. The second-order valence-electron chi connectivity index (χ2n) is 13.1. The molecule has 250 valence electrons. The van der Waals surface area contributed by atoms with E-state index in [2.05, 4.69) is 106 Å².